The van der Waals surface area contributed by atoms with Crippen molar-refractivity contribution >= 4 is 28.7 Å². The van der Waals surface area contributed by atoms with E-state index in [0.29, 0.717) is 19.0 Å². The fourth-order valence-electron chi connectivity index (χ4n) is 4.53. The highest BCUT2D eigenvalue weighted by atomic mass is 16.2. The van der Waals surface area contributed by atoms with Gasteiger partial charge in [0.1, 0.15) is 6.04 Å². The maximum absolute atomic E-state index is 12.7. The van der Waals surface area contributed by atoms with Gasteiger partial charge in [-0.15, -0.1) is 0 Å². The zero-order chi connectivity index (χ0) is 21.1. The van der Waals surface area contributed by atoms with Crippen molar-refractivity contribution in [2.24, 2.45) is 0 Å². The van der Waals surface area contributed by atoms with Crippen molar-refractivity contribution in [2.75, 3.05) is 26.2 Å². The smallest absolute Gasteiger partial charge is 0.324 e. The van der Waals surface area contributed by atoms with E-state index in [-0.39, 0.29) is 24.8 Å². The van der Waals surface area contributed by atoms with Gasteiger partial charge >= 0.3 is 6.03 Å². The first-order valence-electron chi connectivity index (χ1n) is 10.7. The Morgan fingerprint density at radius 3 is 2.93 bits per heavy atom. The third-order valence-electron chi connectivity index (χ3n) is 6.22. The summed E-state index contributed by atoms with van der Waals surface area (Å²) in [6.45, 7) is 5.05. The third-order valence-corrected chi connectivity index (χ3v) is 6.22. The first kappa shape index (κ1) is 20.4. The lowest BCUT2D eigenvalue weighted by atomic mass is 10.1. The second-order valence-electron chi connectivity index (χ2n) is 8.03. The van der Waals surface area contributed by atoms with Crippen LogP contribution in [0.4, 0.5) is 4.79 Å². The first-order chi connectivity index (χ1) is 14.6. The number of hydrogen-bond acceptors (Lipinski definition) is 4. The molecule has 2 aliphatic heterocycles. The van der Waals surface area contributed by atoms with Gasteiger partial charge in [0.2, 0.25) is 5.91 Å². The lowest BCUT2D eigenvalue weighted by Crippen LogP contribution is -2.42. The Kier molecular flexibility index (Phi) is 6.03. The van der Waals surface area contributed by atoms with Crippen molar-refractivity contribution in [3.63, 3.8) is 0 Å². The normalized spacial score (nSPS) is 22.1. The van der Waals surface area contributed by atoms with E-state index in [0.717, 1.165) is 42.4 Å². The van der Waals surface area contributed by atoms with Crippen LogP contribution in [0.5, 0.6) is 0 Å². The summed E-state index contributed by atoms with van der Waals surface area (Å²) in [6.07, 6.45) is 4.69. The monoisotopic (exact) mass is 411 g/mol. The van der Waals surface area contributed by atoms with Crippen LogP contribution in [0, 0.1) is 0 Å². The van der Waals surface area contributed by atoms with Crippen molar-refractivity contribution in [1.29, 1.82) is 0 Å². The van der Waals surface area contributed by atoms with Gasteiger partial charge in [0, 0.05) is 36.2 Å². The number of likely N-dealkylation sites (tertiary alicyclic amines) is 1. The van der Waals surface area contributed by atoms with Gasteiger partial charge in [0.05, 0.1) is 6.42 Å². The second kappa shape index (κ2) is 8.87. The predicted octanol–water partition coefficient (Wildman–Crippen LogP) is 1.62. The number of amides is 4. The predicted molar refractivity (Wildman–Crippen MR) is 114 cm³/mol. The van der Waals surface area contributed by atoms with E-state index >= 15 is 0 Å². The molecule has 0 radical (unpaired) electrons. The molecule has 3 N–H and O–H groups in total. The maximum atomic E-state index is 12.7. The van der Waals surface area contributed by atoms with Gasteiger partial charge in [-0.1, -0.05) is 25.1 Å². The topological polar surface area (TPSA) is 97.5 Å². The summed E-state index contributed by atoms with van der Waals surface area (Å²) in [5.74, 6) is -0.527. The number of benzene rings is 1. The van der Waals surface area contributed by atoms with Crippen molar-refractivity contribution in [3.05, 3.63) is 36.0 Å². The van der Waals surface area contributed by atoms with E-state index in [4.69, 9.17) is 0 Å². The fourth-order valence-corrected chi connectivity index (χ4v) is 4.53. The number of aromatic amines is 1. The molecule has 8 nitrogen and oxygen atoms in total. The molecule has 2 unspecified atom stereocenters. The Labute approximate surface area is 176 Å². The molecule has 30 heavy (non-hydrogen) atoms. The average Bonchev–Trinajstić information content (AvgIpc) is 3.44. The summed E-state index contributed by atoms with van der Waals surface area (Å²) in [6, 6.07) is 7.09. The van der Waals surface area contributed by atoms with E-state index in [2.05, 4.69) is 27.4 Å². The molecule has 8 heteroatoms. The summed E-state index contributed by atoms with van der Waals surface area (Å²) in [4.78, 5) is 44.1. The number of hydrogen-bond donors (Lipinski definition) is 3. The van der Waals surface area contributed by atoms with Gasteiger partial charge in [0.25, 0.3) is 5.91 Å². The van der Waals surface area contributed by atoms with Crippen molar-refractivity contribution < 1.29 is 14.4 Å². The Morgan fingerprint density at radius 1 is 1.27 bits per heavy atom. The minimum absolute atomic E-state index is 0.0208. The summed E-state index contributed by atoms with van der Waals surface area (Å²) in [5, 5.41) is 6.68. The summed E-state index contributed by atoms with van der Waals surface area (Å²) in [7, 11) is 0. The summed E-state index contributed by atoms with van der Waals surface area (Å²) >= 11 is 0. The highest BCUT2D eigenvalue weighted by molar-refractivity contribution is 6.05. The molecule has 1 aromatic heterocycles. The van der Waals surface area contributed by atoms with Crippen LogP contribution in [0.3, 0.4) is 0 Å². The zero-order valence-corrected chi connectivity index (χ0v) is 17.3. The molecule has 4 amide bonds. The molecule has 1 aromatic carbocycles. The number of H-pyrrole nitrogens is 1. The lowest BCUT2D eigenvalue weighted by Gasteiger charge is -2.23. The molecular weight excluding hydrogens is 382 g/mol. The minimum atomic E-state index is -0.786. The standard InChI is InChI=1S/C22H29N5O3/c1-2-26-10-5-6-16(26)14-24-20(28)12-19-21(29)27(22(30)25-19)11-9-15-13-23-18-8-4-3-7-17(15)18/h3-4,7-8,13,16,19,23H,2,5-6,9-12,14H2,1H3,(H,24,28)(H,25,30). The number of likely N-dealkylation sites (N-methyl/N-ethyl adjacent to an activating group) is 1. The number of para-hydroxylation sites is 1. The number of nitrogens with zero attached hydrogens (tertiary/aromatic N) is 2. The van der Waals surface area contributed by atoms with Crippen molar-refractivity contribution in [1.82, 2.24) is 25.4 Å². The number of imide groups is 1. The average molecular weight is 412 g/mol. The Bertz CT molecular complexity index is 940. The van der Waals surface area contributed by atoms with Crippen LogP contribution in [0.25, 0.3) is 10.9 Å². The second-order valence-corrected chi connectivity index (χ2v) is 8.03. The van der Waals surface area contributed by atoms with E-state index in [1.54, 1.807) is 0 Å². The lowest BCUT2D eigenvalue weighted by molar-refractivity contribution is -0.130. The molecule has 4 rings (SSSR count). The third kappa shape index (κ3) is 4.18. The van der Waals surface area contributed by atoms with E-state index < -0.39 is 12.1 Å². The zero-order valence-electron chi connectivity index (χ0n) is 17.3. The number of fused-ring (bicyclic) bond motifs is 1. The van der Waals surface area contributed by atoms with Gasteiger partial charge in [-0.2, -0.15) is 0 Å². The molecule has 0 aliphatic carbocycles. The van der Waals surface area contributed by atoms with Gasteiger partial charge in [0.15, 0.2) is 0 Å². The van der Waals surface area contributed by atoms with Crippen LogP contribution < -0.4 is 10.6 Å². The van der Waals surface area contributed by atoms with E-state index in [1.807, 2.05) is 30.5 Å². The molecule has 2 saturated heterocycles. The van der Waals surface area contributed by atoms with Crippen LogP contribution >= 0.6 is 0 Å². The molecular formula is C22H29N5O3. The Balaban J connectivity index is 1.28. The summed E-state index contributed by atoms with van der Waals surface area (Å²) in [5.41, 5.74) is 2.09. The van der Waals surface area contributed by atoms with Crippen LogP contribution in [0.1, 0.15) is 31.7 Å². The Morgan fingerprint density at radius 2 is 2.10 bits per heavy atom. The van der Waals surface area contributed by atoms with E-state index in [1.165, 1.54) is 4.90 Å². The SMILES string of the molecule is CCN1CCCC1CNC(=O)CC1NC(=O)N(CCc2c[nH]c3ccccc23)C1=O. The number of urea groups is 1. The minimum Gasteiger partial charge on any atom is -0.361 e. The fraction of sp³-hybridized carbons (Fsp3) is 0.500. The van der Waals surface area contributed by atoms with Crippen LogP contribution in [-0.2, 0) is 16.0 Å². The number of rotatable bonds is 8. The van der Waals surface area contributed by atoms with Crippen LogP contribution in [0.2, 0.25) is 0 Å². The number of carbonyl (C=O) groups is 3. The summed E-state index contributed by atoms with van der Waals surface area (Å²) < 4.78 is 0. The molecule has 0 bridgehead atoms. The molecule has 2 atom stereocenters. The number of carbonyl (C=O) groups excluding carboxylic acids is 3. The quantitative estimate of drug-likeness (QED) is 0.575. The maximum Gasteiger partial charge on any atom is 0.324 e. The van der Waals surface area contributed by atoms with Gasteiger partial charge in [-0.05, 0) is 44.0 Å². The van der Waals surface area contributed by atoms with Crippen molar-refractivity contribution in [2.45, 2.75) is 44.7 Å². The van der Waals surface area contributed by atoms with Crippen LogP contribution in [0.15, 0.2) is 30.5 Å². The van der Waals surface area contributed by atoms with Crippen molar-refractivity contribution in [3.8, 4) is 0 Å². The molecule has 160 valence electrons. The number of aromatic nitrogens is 1. The van der Waals surface area contributed by atoms with E-state index in [9.17, 15) is 14.4 Å². The highest BCUT2D eigenvalue weighted by Gasteiger charge is 2.38. The van der Waals surface area contributed by atoms with Gasteiger partial charge in [-0.25, -0.2) is 4.79 Å². The molecule has 0 saturated carbocycles. The van der Waals surface area contributed by atoms with Gasteiger partial charge < -0.3 is 15.6 Å². The molecule has 2 aromatic rings. The molecule has 0 spiro atoms. The largest absolute Gasteiger partial charge is 0.361 e. The highest BCUT2D eigenvalue weighted by Crippen LogP contribution is 2.20. The molecule has 2 aliphatic rings. The van der Waals surface area contributed by atoms with Crippen LogP contribution in [-0.4, -0.2) is 70.9 Å². The number of nitrogens with one attached hydrogen (secondary N) is 3. The Hall–Kier alpha value is -2.87. The molecule has 2 fully saturated rings. The molecule has 3 heterocycles. The first-order valence-corrected chi connectivity index (χ1v) is 10.7. The van der Waals surface area contributed by atoms with Gasteiger partial charge in [-0.3, -0.25) is 19.4 Å².